The van der Waals surface area contributed by atoms with Crippen molar-refractivity contribution < 1.29 is 9.90 Å². The third-order valence-electron chi connectivity index (χ3n) is 2.45. The van der Waals surface area contributed by atoms with E-state index in [4.69, 9.17) is 5.11 Å². The molecular formula is C10H20N2O2. The molecule has 1 fully saturated rings. The van der Waals surface area contributed by atoms with Gasteiger partial charge in [0.15, 0.2) is 0 Å². The van der Waals surface area contributed by atoms with E-state index in [1.807, 2.05) is 4.90 Å². The fourth-order valence-electron chi connectivity index (χ4n) is 1.96. The second-order valence-electron chi connectivity index (χ2n) is 4.41. The average molecular weight is 200 g/mol. The zero-order valence-electron chi connectivity index (χ0n) is 8.99. The Morgan fingerprint density at radius 2 is 2.36 bits per heavy atom. The van der Waals surface area contributed by atoms with Gasteiger partial charge in [-0.25, -0.2) is 0 Å². The summed E-state index contributed by atoms with van der Waals surface area (Å²) in [5.74, 6) is -0.0625. The fraction of sp³-hybridized carbons (Fsp3) is 0.900. The minimum absolute atomic E-state index is 0.177. The lowest BCUT2D eigenvalue weighted by Gasteiger charge is -2.33. The van der Waals surface area contributed by atoms with Crippen LogP contribution in [0.3, 0.4) is 0 Å². The number of hydrogen-bond acceptors (Lipinski definition) is 3. The first kappa shape index (κ1) is 11.5. The summed E-state index contributed by atoms with van der Waals surface area (Å²) < 4.78 is 0. The molecule has 0 bridgehead atoms. The molecule has 82 valence electrons. The number of hydrogen-bond donors (Lipinski definition) is 2. The molecule has 0 aromatic rings. The van der Waals surface area contributed by atoms with Gasteiger partial charge in [-0.1, -0.05) is 13.8 Å². The third-order valence-corrected chi connectivity index (χ3v) is 2.45. The molecule has 0 radical (unpaired) electrons. The van der Waals surface area contributed by atoms with Crippen LogP contribution in [0, 0.1) is 5.92 Å². The predicted octanol–water partition coefficient (Wildman–Crippen LogP) is 0.391. The molecule has 0 amide bonds. The van der Waals surface area contributed by atoms with Gasteiger partial charge in [0.25, 0.3) is 0 Å². The maximum Gasteiger partial charge on any atom is 0.317 e. The number of aliphatic carboxylic acids is 1. The molecule has 0 aromatic carbocycles. The molecule has 0 saturated carbocycles. The Balaban J connectivity index is 2.32. The zero-order valence-corrected chi connectivity index (χ0v) is 8.99. The first-order chi connectivity index (χ1) is 6.58. The summed E-state index contributed by atoms with van der Waals surface area (Å²) in [5.41, 5.74) is 0. The summed E-state index contributed by atoms with van der Waals surface area (Å²) in [6.07, 6.45) is 1.12. The van der Waals surface area contributed by atoms with Crippen molar-refractivity contribution in [1.82, 2.24) is 10.2 Å². The first-order valence-electron chi connectivity index (χ1n) is 5.25. The number of nitrogens with one attached hydrogen (secondary N) is 1. The van der Waals surface area contributed by atoms with Gasteiger partial charge in [0.1, 0.15) is 0 Å². The van der Waals surface area contributed by atoms with E-state index in [0.717, 1.165) is 26.1 Å². The maximum absolute atomic E-state index is 10.5. The highest BCUT2D eigenvalue weighted by atomic mass is 16.4. The largest absolute Gasteiger partial charge is 0.480 e. The van der Waals surface area contributed by atoms with E-state index in [1.54, 1.807) is 0 Å². The number of piperazine rings is 1. The molecule has 0 aliphatic carbocycles. The van der Waals surface area contributed by atoms with Crippen molar-refractivity contribution in [3.05, 3.63) is 0 Å². The van der Waals surface area contributed by atoms with Gasteiger partial charge in [0.2, 0.25) is 0 Å². The molecule has 1 saturated heterocycles. The van der Waals surface area contributed by atoms with Gasteiger partial charge in [-0.05, 0) is 12.3 Å². The number of carbonyl (C=O) groups is 1. The maximum atomic E-state index is 10.5. The Bertz CT molecular complexity index is 195. The molecule has 1 aliphatic rings. The van der Waals surface area contributed by atoms with E-state index in [0.29, 0.717) is 12.0 Å². The molecule has 0 unspecified atom stereocenters. The summed E-state index contributed by atoms with van der Waals surface area (Å²) in [5, 5.41) is 12.1. The van der Waals surface area contributed by atoms with Crippen LogP contribution in [0.1, 0.15) is 20.3 Å². The summed E-state index contributed by atoms with van der Waals surface area (Å²) in [6, 6.07) is 0.461. The van der Waals surface area contributed by atoms with Crippen LogP contribution < -0.4 is 5.32 Å². The first-order valence-corrected chi connectivity index (χ1v) is 5.25. The van der Waals surface area contributed by atoms with Gasteiger partial charge >= 0.3 is 5.97 Å². The minimum Gasteiger partial charge on any atom is -0.480 e. The van der Waals surface area contributed by atoms with E-state index >= 15 is 0 Å². The third kappa shape index (κ3) is 4.07. The number of nitrogens with zero attached hydrogens (tertiary/aromatic N) is 1. The standard InChI is InChI=1S/C10H20N2O2/c1-8(2)5-9-6-12(4-3-11-9)7-10(13)14/h8-9,11H,3-7H2,1-2H3,(H,13,14)/t9-/m1/s1. The van der Waals surface area contributed by atoms with Gasteiger partial charge < -0.3 is 10.4 Å². The highest BCUT2D eigenvalue weighted by Crippen LogP contribution is 2.08. The Morgan fingerprint density at radius 3 is 2.93 bits per heavy atom. The number of carboxylic acids is 1. The van der Waals surface area contributed by atoms with Crippen molar-refractivity contribution in [2.45, 2.75) is 26.3 Å². The lowest BCUT2D eigenvalue weighted by molar-refractivity contribution is -0.138. The van der Waals surface area contributed by atoms with Crippen LogP contribution in [0.5, 0.6) is 0 Å². The Hall–Kier alpha value is -0.610. The highest BCUT2D eigenvalue weighted by molar-refractivity contribution is 5.69. The van der Waals surface area contributed by atoms with Crippen LogP contribution in [0.2, 0.25) is 0 Å². The SMILES string of the molecule is CC(C)C[C@@H]1CN(CC(=O)O)CCN1. The summed E-state index contributed by atoms with van der Waals surface area (Å²) in [4.78, 5) is 12.5. The van der Waals surface area contributed by atoms with Crippen LogP contribution in [0.4, 0.5) is 0 Å². The van der Waals surface area contributed by atoms with Crippen LogP contribution in [-0.4, -0.2) is 48.2 Å². The second-order valence-corrected chi connectivity index (χ2v) is 4.41. The van der Waals surface area contributed by atoms with Gasteiger partial charge in [0.05, 0.1) is 6.54 Å². The van der Waals surface area contributed by atoms with E-state index in [9.17, 15) is 4.79 Å². The van der Waals surface area contributed by atoms with E-state index in [-0.39, 0.29) is 6.54 Å². The smallest absolute Gasteiger partial charge is 0.317 e. The predicted molar refractivity (Wildman–Crippen MR) is 55.3 cm³/mol. The minimum atomic E-state index is -0.727. The monoisotopic (exact) mass is 200 g/mol. The normalized spacial score (nSPS) is 24.1. The quantitative estimate of drug-likeness (QED) is 0.689. The van der Waals surface area contributed by atoms with Crippen LogP contribution >= 0.6 is 0 Å². The Morgan fingerprint density at radius 1 is 1.64 bits per heavy atom. The van der Waals surface area contributed by atoms with Crippen molar-refractivity contribution in [1.29, 1.82) is 0 Å². The van der Waals surface area contributed by atoms with Crippen LogP contribution in [0.25, 0.3) is 0 Å². The van der Waals surface area contributed by atoms with Gasteiger partial charge in [-0.3, -0.25) is 9.69 Å². The lowest BCUT2D eigenvalue weighted by Crippen LogP contribution is -2.52. The van der Waals surface area contributed by atoms with E-state index < -0.39 is 5.97 Å². The Kier molecular flexibility index (Phi) is 4.35. The number of rotatable bonds is 4. The molecule has 1 atom stereocenters. The average Bonchev–Trinajstić information content (AvgIpc) is 2.01. The molecule has 1 heterocycles. The lowest BCUT2D eigenvalue weighted by atomic mass is 10.0. The van der Waals surface area contributed by atoms with Gasteiger partial charge in [-0.15, -0.1) is 0 Å². The Labute approximate surface area is 85.3 Å². The molecule has 1 rings (SSSR count). The summed E-state index contributed by atoms with van der Waals surface area (Å²) in [6.45, 7) is 7.18. The van der Waals surface area contributed by atoms with Crippen LogP contribution in [-0.2, 0) is 4.79 Å². The van der Waals surface area contributed by atoms with Crippen molar-refractivity contribution in [3.8, 4) is 0 Å². The van der Waals surface area contributed by atoms with E-state index in [1.165, 1.54) is 0 Å². The summed E-state index contributed by atoms with van der Waals surface area (Å²) >= 11 is 0. The molecule has 4 nitrogen and oxygen atoms in total. The van der Waals surface area contributed by atoms with Crippen molar-refractivity contribution in [2.75, 3.05) is 26.2 Å². The zero-order chi connectivity index (χ0) is 10.6. The molecule has 14 heavy (non-hydrogen) atoms. The topological polar surface area (TPSA) is 52.6 Å². The van der Waals surface area contributed by atoms with Gasteiger partial charge in [-0.2, -0.15) is 0 Å². The molecule has 1 aliphatic heterocycles. The molecule has 2 N–H and O–H groups in total. The van der Waals surface area contributed by atoms with E-state index in [2.05, 4.69) is 19.2 Å². The molecule has 0 spiro atoms. The van der Waals surface area contributed by atoms with Crippen molar-refractivity contribution in [3.63, 3.8) is 0 Å². The number of carboxylic acid groups (broad SMARTS) is 1. The van der Waals surface area contributed by atoms with Gasteiger partial charge in [0, 0.05) is 25.7 Å². The molecular weight excluding hydrogens is 180 g/mol. The fourth-order valence-corrected chi connectivity index (χ4v) is 1.96. The second kappa shape index (κ2) is 5.32. The van der Waals surface area contributed by atoms with Crippen molar-refractivity contribution in [2.24, 2.45) is 5.92 Å². The summed E-state index contributed by atoms with van der Waals surface area (Å²) in [7, 11) is 0. The van der Waals surface area contributed by atoms with Crippen LogP contribution in [0.15, 0.2) is 0 Å². The highest BCUT2D eigenvalue weighted by Gasteiger charge is 2.21. The van der Waals surface area contributed by atoms with Crippen molar-refractivity contribution >= 4 is 5.97 Å². The molecule has 4 heteroatoms. The molecule has 0 aromatic heterocycles.